The Morgan fingerprint density at radius 1 is 1.27 bits per heavy atom. The molecule has 6 nitrogen and oxygen atoms in total. The van der Waals surface area contributed by atoms with Gasteiger partial charge in [0.25, 0.3) is 11.8 Å². The lowest BCUT2D eigenvalue weighted by Crippen LogP contribution is -2.18. The Morgan fingerprint density at radius 3 is 2.70 bits per heavy atom. The van der Waals surface area contributed by atoms with E-state index in [1.165, 1.54) is 16.6 Å². The van der Waals surface area contributed by atoms with E-state index in [1.54, 1.807) is 24.4 Å². The molecule has 1 aliphatic rings. The lowest BCUT2D eigenvalue weighted by molar-refractivity contribution is -0.0138. The van der Waals surface area contributed by atoms with E-state index in [-0.39, 0.29) is 22.5 Å². The lowest BCUT2D eigenvalue weighted by atomic mass is 10.2. The molecule has 10 heteroatoms. The smallest absolute Gasteiger partial charge is 0.264 e. The summed E-state index contributed by atoms with van der Waals surface area (Å²) in [5, 5.41) is 4.21. The second kappa shape index (κ2) is 8.23. The molecule has 2 unspecified atom stereocenters. The number of halogens is 3. The van der Waals surface area contributed by atoms with Gasteiger partial charge in [0.15, 0.2) is 5.82 Å². The fourth-order valence-corrected chi connectivity index (χ4v) is 3.71. The van der Waals surface area contributed by atoms with Gasteiger partial charge in [-0.3, -0.25) is 9.52 Å². The molecule has 1 fully saturated rings. The Kier molecular flexibility index (Phi) is 5.66. The quantitative estimate of drug-likeness (QED) is 0.414. The molecular weight excluding hydrogens is 434 g/mol. The summed E-state index contributed by atoms with van der Waals surface area (Å²) in [7, 11) is 0. The summed E-state index contributed by atoms with van der Waals surface area (Å²) in [5.41, 5.74) is 0.221. The van der Waals surface area contributed by atoms with Crippen molar-refractivity contribution in [3.05, 3.63) is 65.4 Å². The number of ether oxygens (including phenoxy) is 1. The number of pyridine rings is 1. The summed E-state index contributed by atoms with van der Waals surface area (Å²) in [4.78, 5) is 17.5. The van der Waals surface area contributed by atoms with Gasteiger partial charge in [-0.1, -0.05) is 29.8 Å². The second-order valence-corrected chi connectivity index (χ2v) is 8.15. The normalized spacial score (nSPS) is 18.1. The van der Waals surface area contributed by atoms with E-state index in [9.17, 15) is 13.6 Å². The van der Waals surface area contributed by atoms with Crippen LogP contribution in [0.25, 0.3) is 5.82 Å². The van der Waals surface area contributed by atoms with E-state index in [4.69, 9.17) is 16.3 Å². The number of benzene rings is 1. The number of hydrogen-bond donors (Lipinski definition) is 1. The van der Waals surface area contributed by atoms with Crippen molar-refractivity contribution < 1.29 is 18.3 Å². The largest absolute Gasteiger partial charge is 0.473 e. The zero-order valence-electron chi connectivity index (χ0n) is 15.8. The first kappa shape index (κ1) is 20.6. The highest BCUT2D eigenvalue weighted by molar-refractivity contribution is 7.98. The number of aromatic nitrogens is 3. The molecule has 0 spiro atoms. The third-order valence-corrected chi connectivity index (χ3v) is 5.62. The van der Waals surface area contributed by atoms with Gasteiger partial charge in [-0.05, 0) is 49.6 Å². The highest BCUT2D eigenvalue weighted by Gasteiger charge is 2.54. The summed E-state index contributed by atoms with van der Waals surface area (Å²) >= 11 is 7.37. The maximum Gasteiger partial charge on any atom is 0.264 e. The first-order chi connectivity index (χ1) is 14.3. The van der Waals surface area contributed by atoms with Gasteiger partial charge in [0, 0.05) is 17.2 Å². The van der Waals surface area contributed by atoms with Crippen LogP contribution in [0.4, 0.5) is 8.78 Å². The summed E-state index contributed by atoms with van der Waals surface area (Å²) in [6, 6.07) is 14.1. The number of carbonyl (C=O) groups excluding carboxylic acids is 1. The van der Waals surface area contributed by atoms with Crippen LogP contribution in [0.15, 0.2) is 59.6 Å². The molecule has 1 saturated carbocycles. The highest BCUT2D eigenvalue weighted by Crippen LogP contribution is 2.45. The van der Waals surface area contributed by atoms with Crippen molar-refractivity contribution in [2.75, 3.05) is 0 Å². The third kappa shape index (κ3) is 4.73. The van der Waals surface area contributed by atoms with Gasteiger partial charge in [-0.25, -0.2) is 18.4 Å². The summed E-state index contributed by atoms with van der Waals surface area (Å²) in [6.45, 7) is 0.890. The molecule has 1 aliphatic carbocycles. The molecule has 2 aromatic heterocycles. The Morgan fingerprint density at radius 2 is 2.03 bits per heavy atom. The molecule has 30 heavy (non-hydrogen) atoms. The minimum atomic E-state index is -2.77. The average Bonchev–Trinajstić information content (AvgIpc) is 3.35. The van der Waals surface area contributed by atoms with Crippen molar-refractivity contribution in [3.8, 4) is 11.7 Å². The van der Waals surface area contributed by atoms with Crippen LogP contribution < -0.4 is 9.46 Å². The fraction of sp³-hybridized carbons (Fsp3) is 0.250. The summed E-state index contributed by atoms with van der Waals surface area (Å²) in [5.74, 6) is -3.34. The van der Waals surface area contributed by atoms with Gasteiger partial charge in [-0.2, -0.15) is 0 Å². The van der Waals surface area contributed by atoms with E-state index < -0.39 is 17.9 Å². The van der Waals surface area contributed by atoms with Crippen LogP contribution in [0, 0.1) is 5.92 Å². The SMILES string of the molecule is CC(F)(F)C1CC1Oc1ccn(-c2ccc(C(=O)NSc3ccccc3)c(Cl)n2)n1. The maximum absolute atomic E-state index is 13.3. The molecule has 4 rings (SSSR count). The average molecular weight is 451 g/mol. The summed E-state index contributed by atoms with van der Waals surface area (Å²) < 4.78 is 36.1. The second-order valence-electron chi connectivity index (χ2n) is 6.91. The van der Waals surface area contributed by atoms with Crippen LogP contribution in [0.2, 0.25) is 5.15 Å². The number of rotatable bonds is 7. The monoisotopic (exact) mass is 450 g/mol. The van der Waals surface area contributed by atoms with Crippen LogP contribution in [-0.2, 0) is 0 Å². The van der Waals surface area contributed by atoms with Gasteiger partial charge in [-0.15, -0.1) is 5.10 Å². The third-order valence-electron chi connectivity index (χ3n) is 4.54. The van der Waals surface area contributed by atoms with Gasteiger partial charge >= 0.3 is 0 Å². The predicted octanol–water partition coefficient (Wildman–Crippen LogP) is 4.78. The van der Waals surface area contributed by atoms with Gasteiger partial charge in [0.2, 0.25) is 5.88 Å². The molecule has 1 amide bonds. The zero-order valence-corrected chi connectivity index (χ0v) is 17.3. The van der Waals surface area contributed by atoms with Crippen LogP contribution in [-0.4, -0.2) is 32.7 Å². The minimum absolute atomic E-state index is 0.0181. The van der Waals surface area contributed by atoms with Gasteiger partial charge < -0.3 is 4.74 Å². The van der Waals surface area contributed by atoms with E-state index in [2.05, 4.69) is 14.8 Å². The number of alkyl halides is 2. The molecule has 2 atom stereocenters. The molecule has 0 aliphatic heterocycles. The number of amides is 1. The van der Waals surface area contributed by atoms with Gasteiger partial charge in [0.1, 0.15) is 11.3 Å². The van der Waals surface area contributed by atoms with Crippen molar-refractivity contribution in [1.29, 1.82) is 0 Å². The molecule has 0 radical (unpaired) electrons. The standard InChI is InChI=1S/C20H17ClF2N4O2S/c1-20(22,23)14-11-15(14)29-17-9-10-27(25-17)16-8-7-13(18(21)24-16)19(28)26-30-12-5-3-2-4-6-12/h2-10,14-15H,11H2,1H3,(H,26,28). The Hall–Kier alpha value is -2.65. The molecular formula is C20H17ClF2N4O2S. The first-order valence-corrected chi connectivity index (χ1v) is 10.3. The van der Waals surface area contributed by atoms with Crippen LogP contribution >= 0.6 is 23.5 Å². The Balaban J connectivity index is 1.40. The minimum Gasteiger partial charge on any atom is -0.473 e. The molecule has 2 heterocycles. The van der Waals surface area contributed by atoms with E-state index in [0.29, 0.717) is 12.2 Å². The predicted molar refractivity (Wildman–Crippen MR) is 109 cm³/mol. The van der Waals surface area contributed by atoms with Crippen LogP contribution in [0.5, 0.6) is 5.88 Å². The zero-order chi connectivity index (χ0) is 21.3. The fourth-order valence-electron chi connectivity index (χ4n) is 2.86. The lowest BCUT2D eigenvalue weighted by Gasteiger charge is -2.09. The first-order valence-electron chi connectivity index (χ1n) is 9.10. The molecule has 156 valence electrons. The van der Waals surface area contributed by atoms with Crippen molar-refractivity contribution in [1.82, 2.24) is 19.5 Å². The molecule has 0 saturated heterocycles. The van der Waals surface area contributed by atoms with Crippen LogP contribution in [0.3, 0.4) is 0 Å². The number of nitrogens with one attached hydrogen (secondary N) is 1. The maximum atomic E-state index is 13.3. The van der Waals surface area contributed by atoms with Crippen molar-refractivity contribution >= 4 is 29.5 Å². The Labute approximate surface area is 180 Å². The van der Waals surface area contributed by atoms with E-state index in [0.717, 1.165) is 11.8 Å². The van der Waals surface area contributed by atoms with Crippen molar-refractivity contribution in [2.45, 2.75) is 30.3 Å². The van der Waals surface area contributed by atoms with Crippen LogP contribution in [0.1, 0.15) is 23.7 Å². The van der Waals surface area contributed by atoms with Crippen molar-refractivity contribution in [2.24, 2.45) is 5.92 Å². The molecule has 1 aromatic carbocycles. The molecule has 1 N–H and O–H groups in total. The Bertz CT molecular complexity index is 1060. The number of carbonyl (C=O) groups is 1. The van der Waals surface area contributed by atoms with E-state index in [1.807, 2.05) is 30.3 Å². The molecule has 3 aromatic rings. The van der Waals surface area contributed by atoms with E-state index >= 15 is 0 Å². The van der Waals surface area contributed by atoms with Gasteiger partial charge in [0.05, 0.1) is 11.5 Å². The topological polar surface area (TPSA) is 69.0 Å². The number of nitrogens with zero attached hydrogens (tertiary/aromatic N) is 3. The molecule has 0 bridgehead atoms. The highest BCUT2D eigenvalue weighted by atomic mass is 35.5. The van der Waals surface area contributed by atoms with Crippen molar-refractivity contribution in [3.63, 3.8) is 0 Å². The summed E-state index contributed by atoms with van der Waals surface area (Å²) in [6.07, 6.45) is 1.34. The number of hydrogen-bond acceptors (Lipinski definition) is 5.